The van der Waals surface area contributed by atoms with Crippen LogP contribution in [0, 0.1) is 20.8 Å². The Morgan fingerprint density at radius 2 is 2.05 bits per heavy atom. The molecule has 2 aromatic rings. The summed E-state index contributed by atoms with van der Waals surface area (Å²) in [5, 5.41) is 16.1. The van der Waals surface area contributed by atoms with Gasteiger partial charge in [-0.3, -0.25) is 4.68 Å². The number of pyridine rings is 1. The number of nitrogens with zero attached hydrogens (tertiary/aromatic N) is 4. The van der Waals surface area contributed by atoms with Crippen molar-refractivity contribution >= 4 is 5.84 Å². The second kappa shape index (κ2) is 5.20. The van der Waals surface area contributed by atoms with Gasteiger partial charge in [0.2, 0.25) is 5.88 Å². The van der Waals surface area contributed by atoms with Crippen LogP contribution in [0.5, 0.6) is 11.6 Å². The van der Waals surface area contributed by atoms with Gasteiger partial charge in [-0.25, -0.2) is 4.98 Å². The first-order chi connectivity index (χ1) is 9.43. The predicted molar refractivity (Wildman–Crippen MR) is 74.2 cm³/mol. The first-order valence-corrected chi connectivity index (χ1v) is 6.07. The number of ether oxygens (including phenoxy) is 1. The van der Waals surface area contributed by atoms with Crippen LogP contribution >= 0.6 is 0 Å². The summed E-state index contributed by atoms with van der Waals surface area (Å²) in [7, 11) is 1.84. The van der Waals surface area contributed by atoms with Crippen molar-refractivity contribution in [2.24, 2.45) is 17.9 Å². The summed E-state index contributed by atoms with van der Waals surface area (Å²) < 4.78 is 7.56. The molecule has 0 saturated carbocycles. The minimum Gasteiger partial charge on any atom is -0.434 e. The molecular weight excluding hydrogens is 258 g/mol. The molecule has 2 heterocycles. The van der Waals surface area contributed by atoms with Crippen molar-refractivity contribution in [2.75, 3.05) is 0 Å². The Labute approximate surface area is 116 Å². The molecule has 3 N–H and O–H groups in total. The average molecular weight is 275 g/mol. The first-order valence-electron chi connectivity index (χ1n) is 6.07. The van der Waals surface area contributed by atoms with E-state index >= 15 is 0 Å². The standard InChI is InChI=1S/C13H17N5O2/c1-7-5-6-10(12(14)17-19)13(15-7)20-11-8(2)16-18(4)9(11)3/h5-6,19H,1-4H3,(H2,14,17). The van der Waals surface area contributed by atoms with E-state index in [2.05, 4.69) is 15.2 Å². The average Bonchev–Trinajstić information content (AvgIpc) is 2.65. The highest BCUT2D eigenvalue weighted by Crippen LogP contribution is 2.29. The number of aryl methyl sites for hydroxylation is 3. The van der Waals surface area contributed by atoms with Gasteiger partial charge in [-0.15, -0.1) is 0 Å². The van der Waals surface area contributed by atoms with Crippen LogP contribution in [0.2, 0.25) is 0 Å². The van der Waals surface area contributed by atoms with Gasteiger partial charge in [-0.1, -0.05) is 5.16 Å². The van der Waals surface area contributed by atoms with Crippen LogP contribution in [-0.4, -0.2) is 25.8 Å². The highest BCUT2D eigenvalue weighted by molar-refractivity contribution is 5.99. The molecule has 7 nitrogen and oxygen atoms in total. The number of hydrogen-bond donors (Lipinski definition) is 2. The molecule has 0 bridgehead atoms. The van der Waals surface area contributed by atoms with E-state index in [1.807, 2.05) is 27.8 Å². The molecule has 0 fully saturated rings. The van der Waals surface area contributed by atoms with Gasteiger partial charge in [0, 0.05) is 12.7 Å². The smallest absolute Gasteiger partial charge is 0.230 e. The van der Waals surface area contributed by atoms with Gasteiger partial charge in [-0.05, 0) is 32.9 Å². The quantitative estimate of drug-likeness (QED) is 0.384. The summed E-state index contributed by atoms with van der Waals surface area (Å²) in [6.45, 7) is 5.58. The largest absolute Gasteiger partial charge is 0.434 e. The van der Waals surface area contributed by atoms with Crippen LogP contribution in [0.15, 0.2) is 17.3 Å². The molecule has 0 aliphatic heterocycles. The molecule has 0 atom stereocenters. The Hall–Kier alpha value is -2.57. The molecule has 0 aromatic carbocycles. The van der Waals surface area contributed by atoms with Gasteiger partial charge in [0.1, 0.15) is 5.69 Å². The number of amidine groups is 1. The number of aromatic nitrogens is 3. The van der Waals surface area contributed by atoms with Gasteiger partial charge in [-0.2, -0.15) is 5.10 Å². The topological polar surface area (TPSA) is 98.5 Å². The van der Waals surface area contributed by atoms with Crippen molar-refractivity contribution in [1.29, 1.82) is 0 Å². The normalized spacial score (nSPS) is 11.7. The molecule has 2 aromatic heterocycles. The van der Waals surface area contributed by atoms with E-state index in [9.17, 15) is 0 Å². The Bertz CT molecular complexity index is 676. The molecular formula is C13H17N5O2. The van der Waals surface area contributed by atoms with Crippen molar-refractivity contribution in [3.63, 3.8) is 0 Å². The molecule has 0 amide bonds. The lowest BCUT2D eigenvalue weighted by Gasteiger charge is -2.10. The Morgan fingerprint density at radius 1 is 1.35 bits per heavy atom. The Kier molecular flexibility index (Phi) is 3.60. The first kappa shape index (κ1) is 13.9. The Morgan fingerprint density at radius 3 is 2.60 bits per heavy atom. The lowest BCUT2D eigenvalue weighted by molar-refractivity contribution is 0.318. The van der Waals surface area contributed by atoms with E-state index < -0.39 is 0 Å². The molecule has 7 heteroatoms. The molecule has 0 saturated heterocycles. The van der Waals surface area contributed by atoms with E-state index in [1.54, 1.807) is 16.8 Å². The molecule has 20 heavy (non-hydrogen) atoms. The van der Waals surface area contributed by atoms with Crippen LogP contribution in [0.4, 0.5) is 0 Å². The number of rotatable bonds is 3. The maximum atomic E-state index is 8.82. The maximum Gasteiger partial charge on any atom is 0.230 e. The monoisotopic (exact) mass is 275 g/mol. The molecule has 0 aliphatic rings. The second-order valence-corrected chi connectivity index (χ2v) is 4.52. The van der Waals surface area contributed by atoms with Crippen LogP contribution < -0.4 is 10.5 Å². The highest BCUT2D eigenvalue weighted by Gasteiger charge is 2.16. The molecule has 0 unspecified atom stereocenters. The summed E-state index contributed by atoms with van der Waals surface area (Å²) >= 11 is 0. The zero-order valence-corrected chi connectivity index (χ0v) is 11.9. The van der Waals surface area contributed by atoms with Gasteiger partial charge in [0.15, 0.2) is 11.6 Å². The van der Waals surface area contributed by atoms with Crippen molar-refractivity contribution in [3.05, 3.63) is 34.8 Å². The van der Waals surface area contributed by atoms with Crippen molar-refractivity contribution in [3.8, 4) is 11.6 Å². The van der Waals surface area contributed by atoms with Gasteiger partial charge in [0.25, 0.3) is 0 Å². The molecule has 0 aliphatic carbocycles. The van der Waals surface area contributed by atoms with E-state index in [-0.39, 0.29) is 5.84 Å². The van der Waals surface area contributed by atoms with Crippen LogP contribution in [0.1, 0.15) is 22.6 Å². The fourth-order valence-corrected chi connectivity index (χ4v) is 1.86. The zero-order valence-electron chi connectivity index (χ0n) is 11.9. The van der Waals surface area contributed by atoms with E-state index in [0.717, 1.165) is 17.1 Å². The lowest BCUT2D eigenvalue weighted by Crippen LogP contribution is -2.15. The predicted octanol–water partition coefficient (Wildman–Crippen LogP) is 1.63. The third-order valence-corrected chi connectivity index (χ3v) is 3.02. The van der Waals surface area contributed by atoms with Crippen LogP contribution in [-0.2, 0) is 7.05 Å². The third kappa shape index (κ3) is 2.42. The molecule has 0 spiro atoms. The fourth-order valence-electron chi connectivity index (χ4n) is 1.86. The minimum absolute atomic E-state index is 0.0494. The van der Waals surface area contributed by atoms with Gasteiger partial charge < -0.3 is 15.7 Å². The number of oxime groups is 1. The van der Waals surface area contributed by atoms with Crippen molar-refractivity contribution < 1.29 is 9.94 Å². The Balaban J connectivity index is 2.50. The fraction of sp³-hybridized carbons (Fsp3) is 0.308. The SMILES string of the molecule is Cc1ccc(C(N)=NO)c(Oc2c(C)nn(C)c2C)n1. The molecule has 0 radical (unpaired) electrons. The van der Waals surface area contributed by atoms with E-state index in [0.29, 0.717) is 17.2 Å². The summed E-state index contributed by atoms with van der Waals surface area (Å²) in [5.74, 6) is 0.865. The van der Waals surface area contributed by atoms with E-state index in [4.69, 9.17) is 15.7 Å². The summed E-state index contributed by atoms with van der Waals surface area (Å²) in [5.41, 5.74) is 8.46. The number of nitrogens with two attached hydrogens (primary N) is 1. The van der Waals surface area contributed by atoms with E-state index in [1.165, 1.54) is 0 Å². The van der Waals surface area contributed by atoms with Gasteiger partial charge >= 0.3 is 0 Å². The van der Waals surface area contributed by atoms with Crippen molar-refractivity contribution in [2.45, 2.75) is 20.8 Å². The van der Waals surface area contributed by atoms with Crippen LogP contribution in [0.25, 0.3) is 0 Å². The lowest BCUT2D eigenvalue weighted by atomic mass is 10.2. The second-order valence-electron chi connectivity index (χ2n) is 4.52. The summed E-state index contributed by atoms with van der Waals surface area (Å²) in [6, 6.07) is 3.47. The number of hydrogen-bond acceptors (Lipinski definition) is 5. The van der Waals surface area contributed by atoms with Gasteiger partial charge in [0.05, 0.1) is 11.3 Å². The van der Waals surface area contributed by atoms with Crippen LogP contribution in [0.3, 0.4) is 0 Å². The summed E-state index contributed by atoms with van der Waals surface area (Å²) in [6.07, 6.45) is 0. The minimum atomic E-state index is -0.0494. The summed E-state index contributed by atoms with van der Waals surface area (Å²) in [4.78, 5) is 4.30. The maximum absolute atomic E-state index is 8.82. The molecule has 106 valence electrons. The third-order valence-electron chi connectivity index (χ3n) is 3.02. The highest BCUT2D eigenvalue weighted by atomic mass is 16.5. The zero-order chi connectivity index (χ0) is 14.9. The van der Waals surface area contributed by atoms with Crippen molar-refractivity contribution in [1.82, 2.24) is 14.8 Å². The molecule has 2 rings (SSSR count).